The molecule has 1 aromatic rings. The third-order valence-electron chi connectivity index (χ3n) is 3.94. The lowest BCUT2D eigenvalue weighted by atomic mass is 10.2. The first-order valence-corrected chi connectivity index (χ1v) is 7.76. The van der Waals surface area contributed by atoms with Gasteiger partial charge in [-0.3, -0.25) is 14.5 Å². The first-order valence-electron chi connectivity index (χ1n) is 7.76. The average molecular weight is 292 g/mol. The standard InChI is InChI=1S/C15H24N4O2/c1-3-9-19-14(20)8-7-13(17-19)15(21)16-11-12-6-5-10-18(12)4-2/h7-8,12H,3-6,9-11H2,1-2H3,(H,16,21). The Morgan fingerprint density at radius 1 is 1.43 bits per heavy atom. The van der Waals surface area contributed by atoms with Crippen LogP contribution in [0, 0.1) is 0 Å². The molecule has 0 bridgehead atoms. The number of aromatic nitrogens is 2. The minimum atomic E-state index is -0.206. The van der Waals surface area contributed by atoms with Crippen LogP contribution < -0.4 is 10.9 Å². The second-order valence-electron chi connectivity index (χ2n) is 5.41. The van der Waals surface area contributed by atoms with Crippen molar-refractivity contribution in [1.82, 2.24) is 20.0 Å². The number of aryl methyl sites for hydroxylation is 1. The molecule has 0 aliphatic carbocycles. The Balaban J connectivity index is 1.97. The molecule has 1 atom stereocenters. The lowest BCUT2D eigenvalue weighted by molar-refractivity contribution is 0.0933. The van der Waals surface area contributed by atoms with Crippen molar-refractivity contribution in [3.8, 4) is 0 Å². The molecule has 1 saturated heterocycles. The highest BCUT2D eigenvalue weighted by Crippen LogP contribution is 2.15. The molecule has 116 valence electrons. The first kappa shape index (κ1) is 15.7. The summed E-state index contributed by atoms with van der Waals surface area (Å²) in [6.07, 6.45) is 3.12. The Kier molecular flexibility index (Phi) is 5.50. The van der Waals surface area contributed by atoms with Crippen LogP contribution in [-0.4, -0.2) is 46.3 Å². The molecule has 2 rings (SSSR count). The van der Waals surface area contributed by atoms with Gasteiger partial charge in [0, 0.05) is 25.2 Å². The van der Waals surface area contributed by atoms with Crippen molar-refractivity contribution in [3.05, 3.63) is 28.2 Å². The quantitative estimate of drug-likeness (QED) is 0.845. The molecular weight excluding hydrogens is 268 g/mol. The Hall–Kier alpha value is -1.69. The Morgan fingerprint density at radius 3 is 2.95 bits per heavy atom. The third kappa shape index (κ3) is 3.91. The summed E-state index contributed by atoms with van der Waals surface area (Å²) < 4.78 is 1.35. The maximum absolute atomic E-state index is 12.2. The summed E-state index contributed by atoms with van der Waals surface area (Å²) in [5.74, 6) is -0.206. The smallest absolute Gasteiger partial charge is 0.271 e. The SMILES string of the molecule is CCCn1nc(C(=O)NCC2CCCN2CC)ccc1=O. The van der Waals surface area contributed by atoms with Crippen molar-refractivity contribution >= 4 is 5.91 Å². The molecule has 1 aromatic heterocycles. The molecule has 1 fully saturated rings. The predicted octanol–water partition coefficient (Wildman–Crippen LogP) is 0.867. The number of carbonyl (C=O) groups excluding carboxylic acids is 1. The van der Waals surface area contributed by atoms with Crippen LogP contribution in [0.2, 0.25) is 0 Å². The molecule has 6 heteroatoms. The number of rotatable bonds is 6. The fourth-order valence-electron chi connectivity index (χ4n) is 2.79. The zero-order valence-electron chi connectivity index (χ0n) is 12.8. The molecule has 1 aliphatic heterocycles. The van der Waals surface area contributed by atoms with E-state index in [1.165, 1.54) is 23.2 Å². The molecule has 0 saturated carbocycles. The lowest BCUT2D eigenvalue weighted by Gasteiger charge is -2.22. The van der Waals surface area contributed by atoms with Gasteiger partial charge in [0.05, 0.1) is 0 Å². The van der Waals surface area contributed by atoms with Gasteiger partial charge in [-0.1, -0.05) is 13.8 Å². The second-order valence-corrected chi connectivity index (χ2v) is 5.41. The van der Waals surface area contributed by atoms with Crippen LogP contribution >= 0.6 is 0 Å². The maximum Gasteiger partial charge on any atom is 0.271 e. The van der Waals surface area contributed by atoms with Gasteiger partial charge < -0.3 is 5.32 Å². The van der Waals surface area contributed by atoms with Crippen molar-refractivity contribution in [2.45, 2.75) is 45.7 Å². The van der Waals surface area contributed by atoms with E-state index in [1.807, 2.05) is 6.92 Å². The number of amides is 1. The summed E-state index contributed by atoms with van der Waals surface area (Å²) in [7, 11) is 0. The lowest BCUT2D eigenvalue weighted by Crippen LogP contribution is -2.40. The number of likely N-dealkylation sites (tertiary alicyclic amines) is 1. The topological polar surface area (TPSA) is 67.2 Å². The van der Waals surface area contributed by atoms with Crippen LogP contribution in [0.25, 0.3) is 0 Å². The van der Waals surface area contributed by atoms with Crippen LogP contribution in [0.3, 0.4) is 0 Å². The molecule has 21 heavy (non-hydrogen) atoms. The van der Waals surface area contributed by atoms with E-state index in [0.717, 1.165) is 25.9 Å². The summed E-state index contributed by atoms with van der Waals surface area (Å²) in [4.78, 5) is 26.1. The summed E-state index contributed by atoms with van der Waals surface area (Å²) >= 11 is 0. The van der Waals surface area contributed by atoms with E-state index in [4.69, 9.17) is 0 Å². The Labute approximate surface area is 125 Å². The molecule has 0 aromatic carbocycles. The van der Waals surface area contributed by atoms with Gasteiger partial charge in [0.1, 0.15) is 5.69 Å². The zero-order chi connectivity index (χ0) is 15.2. The van der Waals surface area contributed by atoms with E-state index in [9.17, 15) is 9.59 Å². The summed E-state index contributed by atoms with van der Waals surface area (Å²) in [6.45, 7) is 7.41. The summed E-state index contributed by atoms with van der Waals surface area (Å²) in [5, 5.41) is 7.06. The number of nitrogens with one attached hydrogen (secondary N) is 1. The van der Waals surface area contributed by atoms with Crippen LogP contribution in [0.4, 0.5) is 0 Å². The molecular formula is C15H24N4O2. The van der Waals surface area contributed by atoms with E-state index in [0.29, 0.717) is 24.8 Å². The molecule has 1 amide bonds. The van der Waals surface area contributed by atoms with Gasteiger partial charge in [0.15, 0.2) is 0 Å². The van der Waals surface area contributed by atoms with Gasteiger partial charge in [-0.25, -0.2) is 4.68 Å². The zero-order valence-corrected chi connectivity index (χ0v) is 12.8. The normalized spacial score (nSPS) is 18.9. The van der Waals surface area contributed by atoms with Crippen LogP contribution in [0.5, 0.6) is 0 Å². The highest BCUT2D eigenvalue weighted by Gasteiger charge is 2.23. The third-order valence-corrected chi connectivity index (χ3v) is 3.94. The van der Waals surface area contributed by atoms with Crippen molar-refractivity contribution in [2.75, 3.05) is 19.6 Å². The molecule has 6 nitrogen and oxygen atoms in total. The summed E-state index contributed by atoms with van der Waals surface area (Å²) in [5.41, 5.74) is 0.144. The van der Waals surface area contributed by atoms with Gasteiger partial charge >= 0.3 is 0 Å². The van der Waals surface area contributed by atoms with Crippen molar-refractivity contribution in [1.29, 1.82) is 0 Å². The van der Waals surface area contributed by atoms with Crippen LogP contribution in [0.1, 0.15) is 43.6 Å². The minimum absolute atomic E-state index is 0.165. The van der Waals surface area contributed by atoms with Gasteiger partial charge in [-0.05, 0) is 38.4 Å². The van der Waals surface area contributed by atoms with Gasteiger partial charge in [-0.15, -0.1) is 0 Å². The largest absolute Gasteiger partial charge is 0.349 e. The summed E-state index contributed by atoms with van der Waals surface area (Å²) in [6, 6.07) is 3.32. The Bertz CT molecular complexity index is 541. The van der Waals surface area contributed by atoms with E-state index < -0.39 is 0 Å². The minimum Gasteiger partial charge on any atom is -0.349 e. The molecule has 1 aliphatic rings. The van der Waals surface area contributed by atoms with Crippen LogP contribution in [0.15, 0.2) is 16.9 Å². The van der Waals surface area contributed by atoms with Gasteiger partial charge in [-0.2, -0.15) is 5.10 Å². The monoisotopic (exact) mass is 292 g/mol. The number of carbonyl (C=O) groups is 1. The number of hydrogen-bond donors (Lipinski definition) is 1. The van der Waals surface area contributed by atoms with E-state index in [1.54, 1.807) is 0 Å². The van der Waals surface area contributed by atoms with Gasteiger partial charge in [0.25, 0.3) is 11.5 Å². The van der Waals surface area contributed by atoms with E-state index in [2.05, 4.69) is 22.2 Å². The van der Waals surface area contributed by atoms with Crippen molar-refractivity contribution < 1.29 is 4.79 Å². The van der Waals surface area contributed by atoms with Crippen LogP contribution in [-0.2, 0) is 6.54 Å². The van der Waals surface area contributed by atoms with Crippen molar-refractivity contribution in [2.24, 2.45) is 0 Å². The highest BCUT2D eigenvalue weighted by molar-refractivity contribution is 5.92. The molecule has 1 unspecified atom stereocenters. The fraction of sp³-hybridized carbons (Fsp3) is 0.667. The second kappa shape index (κ2) is 7.36. The molecule has 0 radical (unpaired) electrons. The molecule has 0 spiro atoms. The van der Waals surface area contributed by atoms with Gasteiger partial charge in [0.2, 0.25) is 0 Å². The molecule has 2 heterocycles. The highest BCUT2D eigenvalue weighted by atomic mass is 16.2. The van der Waals surface area contributed by atoms with E-state index in [-0.39, 0.29) is 11.5 Å². The maximum atomic E-state index is 12.2. The number of nitrogens with zero attached hydrogens (tertiary/aromatic N) is 3. The van der Waals surface area contributed by atoms with E-state index >= 15 is 0 Å². The first-order chi connectivity index (χ1) is 10.2. The fourth-order valence-corrected chi connectivity index (χ4v) is 2.79. The average Bonchev–Trinajstić information content (AvgIpc) is 2.94. The number of hydrogen-bond acceptors (Lipinski definition) is 4. The Morgan fingerprint density at radius 2 is 2.24 bits per heavy atom. The predicted molar refractivity (Wildman–Crippen MR) is 81.4 cm³/mol. The molecule has 1 N–H and O–H groups in total. The van der Waals surface area contributed by atoms with Crippen molar-refractivity contribution in [3.63, 3.8) is 0 Å². The number of likely N-dealkylation sites (N-methyl/N-ethyl adjacent to an activating group) is 1.